The van der Waals surface area contributed by atoms with E-state index in [9.17, 15) is 13.2 Å². The monoisotopic (exact) mass is 262 g/mol. The molecule has 2 atom stereocenters. The summed E-state index contributed by atoms with van der Waals surface area (Å²) in [6, 6.07) is 0. The van der Waals surface area contributed by atoms with Crippen molar-refractivity contribution >= 4 is 15.7 Å². The molecule has 3 N–H and O–H groups in total. The summed E-state index contributed by atoms with van der Waals surface area (Å²) in [7, 11) is -3.04. The van der Waals surface area contributed by atoms with Gasteiger partial charge in [-0.2, -0.15) is 0 Å². The zero-order valence-electron chi connectivity index (χ0n) is 10.5. The molecule has 1 aliphatic carbocycles. The van der Waals surface area contributed by atoms with Crippen molar-refractivity contribution in [2.75, 3.05) is 18.6 Å². The van der Waals surface area contributed by atoms with Gasteiger partial charge in [-0.3, -0.25) is 4.79 Å². The Labute approximate surface area is 103 Å². The smallest absolute Gasteiger partial charge is 0.240 e. The van der Waals surface area contributed by atoms with Crippen LogP contribution in [-0.4, -0.2) is 38.4 Å². The van der Waals surface area contributed by atoms with E-state index in [-0.39, 0.29) is 18.2 Å². The highest BCUT2D eigenvalue weighted by Gasteiger charge is 2.37. The van der Waals surface area contributed by atoms with Crippen molar-refractivity contribution in [2.45, 2.75) is 38.1 Å². The Morgan fingerprint density at radius 3 is 2.71 bits per heavy atom. The molecule has 0 radical (unpaired) electrons. The first kappa shape index (κ1) is 14.4. The van der Waals surface area contributed by atoms with Gasteiger partial charge in [0.25, 0.3) is 0 Å². The summed E-state index contributed by atoms with van der Waals surface area (Å²) in [6.45, 7) is 2.23. The maximum absolute atomic E-state index is 11.9. The van der Waals surface area contributed by atoms with Gasteiger partial charge in [0.15, 0.2) is 0 Å². The minimum absolute atomic E-state index is 0.0373. The van der Waals surface area contributed by atoms with Gasteiger partial charge >= 0.3 is 0 Å². The molecule has 0 aromatic heterocycles. The number of carbonyl (C=O) groups is 1. The summed E-state index contributed by atoms with van der Waals surface area (Å²) in [4.78, 5) is 11.9. The first-order valence-corrected chi connectivity index (χ1v) is 8.04. The molecule has 0 saturated heterocycles. The van der Waals surface area contributed by atoms with Gasteiger partial charge in [0.05, 0.1) is 11.3 Å². The lowest BCUT2D eigenvalue weighted by atomic mass is 9.76. The fourth-order valence-electron chi connectivity index (χ4n) is 2.32. The summed E-state index contributed by atoms with van der Waals surface area (Å²) in [5, 5.41) is 2.63. The molecule has 0 aliphatic heterocycles. The van der Waals surface area contributed by atoms with Gasteiger partial charge in [-0.25, -0.2) is 8.42 Å². The topological polar surface area (TPSA) is 89.3 Å². The molecule has 6 heteroatoms. The van der Waals surface area contributed by atoms with Crippen LogP contribution in [0.4, 0.5) is 0 Å². The third-order valence-corrected chi connectivity index (χ3v) is 4.19. The van der Waals surface area contributed by atoms with Crippen molar-refractivity contribution < 1.29 is 13.2 Å². The molecule has 0 heterocycles. The van der Waals surface area contributed by atoms with Crippen molar-refractivity contribution in [1.82, 2.24) is 5.32 Å². The second kappa shape index (κ2) is 5.35. The van der Waals surface area contributed by atoms with Crippen LogP contribution in [0.25, 0.3) is 0 Å². The summed E-state index contributed by atoms with van der Waals surface area (Å²) in [5.74, 6) is 0.201. The molecule has 1 amide bonds. The maximum Gasteiger partial charge on any atom is 0.240 e. The van der Waals surface area contributed by atoms with Gasteiger partial charge in [0, 0.05) is 12.8 Å². The van der Waals surface area contributed by atoms with Gasteiger partial charge in [0.2, 0.25) is 5.91 Å². The van der Waals surface area contributed by atoms with E-state index < -0.39 is 15.4 Å². The summed E-state index contributed by atoms with van der Waals surface area (Å²) in [5.41, 5.74) is 5.27. The molecule has 1 rings (SSSR count). The molecule has 0 spiro atoms. The van der Waals surface area contributed by atoms with Crippen LogP contribution >= 0.6 is 0 Å². The highest BCUT2D eigenvalue weighted by molar-refractivity contribution is 7.90. The summed E-state index contributed by atoms with van der Waals surface area (Å²) in [6.07, 6.45) is 4.58. The zero-order valence-corrected chi connectivity index (χ0v) is 11.3. The van der Waals surface area contributed by atoms with Crippen LogP contribution in [0, 0.1) is 5.92 Å². The standard InChI is InChI=1S/C11H22N2O3S/c1-9-4-3-5-11(12,8-9)10(14)13-6-7-17(2,15)16/h9H,3-8,12H2,1-2H3,(H,13,14). The lowest BCUT2D eigenvalue weighted by molar-refractivity contribution is -0.127. The molecule has 5 nitrogen and oxygen atoms in total. The SMILES string of the molecule is CC1CCCC(N)(C(=O)NCCS(C)(=O)=O)C1. The van der Waals surface area contributed by atoms with Gasteiger partial charge in [-0.1, -0.05) is 19.8 Å². The van der Waals surface area contributed by atoms with Crippen LogP contribution in [0.5, 0.6) is 0 Å². The van der Waals surface area contributed by atoms with E-state index in [0.717, 1.165) is 19.1 Å². The number of hydrogen-bond acceptors (Lipinski definition) is 4. The number of rotatable bonds is 4. The number of hydrogen-bond donors (Lipinski definition) is 2. The molecule has 17 heavy (non-hydrogen) atoms. The molecule has 0 bridgehead atoms. The molecule has 100 valence electrons. The van der Waals surface area contributed by atoms with E-state index in [4.69, 9.17) is 5.73 Å². The van der Waals surface area contributed by atoms with Crippen molar-refractivity contribution in [2.24, 2.45) is 11.7 Å². The Morgan fingerprint density at radius 2 is 2.18 bits per heavy atom. The first-order chi connectivity index (χ1) is 7.73. The predicted molar refractivity (Wildman–Crippen MR) is 67.3 cm³/mol. The van der Waals surface area contributed by atoms with E-state index in [2.05, 4.69) is 12.2 Å². The highest BCUT2D eigenvalue weighted by Crippen LogP contribution is 2.30. The van der Waals surface area contributed by atoms with Crippen LogP contribution in [0.2, 0.25) is 0 Å². The van der Waals surface area contributed by atoms with E-state index in [1.165, 1.54) is 0 Å². The second-order valence-corrected chi connectivity index (χ2v) is 7.50. The molecular weight excluding hydrogens is 240 g/mol. The van der Waals surface area contributed by atoms with Gasteiger partial charge in [-0.15, -0.1) is 0 Å². The van der Waals surface area contributed by atoms with Crippen molar-refractivity contribution in [3.05, 3.63) is 0 Å². The Hall–Kier alpha value is -0.620. The maximum atomic E-state index is 11.9. The average Bonchev–Trinajstić information content (AvgIpc) is 2.15. The molecule has 1 saturated carbocycles. The Kier molecular flexibility index (Phi) is 4.55. The molecule has 2 unspecified atom stereocenters. The van der Waals surface area contributed by atoms with Crippen LogP contribution in [0.3, 0.4) is 0 Å². The quantitative estimate of drug-likeness (QED) is 0.749. The van der Waals surface area contributed by atoms with Crippen LogP contribution < -0.4 is 11.1 Å². The lowest BCUT2D eigenvalue weighted by Gasteiger charge is -2.35. The van der Waals surface area contributed by atoms with E-state index in [0.29, 0.717) is 18.8 Å². The van der Waals surface area contributed by atoms with Crippen molar-refractivity contribution in [1.29, 1.82) is 0 Å². The Morgan fingerprint density at radius 1 is 1.53 bits per heavy atom. The fourth-order valence-corrected chi connectivity index (χ4v) is 2.80. The number of sulfone groups is 1. The number of carbonyl (C=O) groups excluding carboxylic acids is 1. The van der Waals surface area contributed by atoms with Crippen LogP contribution in [0.1, 0.15) is 32.6 Å². The molecule has 1 fully saturated rings. The summed E-state index contributed by atoms with van der Waals surface area (Å²) >= 11 is 0. The van der Waals surface area contributed by atoms with E-state index >= 15 is 0 Å². The Bertz CT molecular complexity index is 380. The van der Waals surface area contributed by atoms with Gasteiger partial charge < -0.3 is 11.1 Å². The van der Waals surface area contributed by atoms with Gasteiger partial charge in [-0.05, 0) is 18.8 Å². The summed E-state index contributed by atoms with van der Waals surface area (Å²) < 4.78 is 21.9. The third kappa shape index (κ3) is 4.63. The van der Waals surface area contributed by atoms with Crippen molar-refractivity contribution in [3.63, 3.8) is 0 Å². The number of nitrogens with one attached hydrogen (secondary N) is 1. The van der Waals surface area contributed by atoms with E-state index in [1.54, 1.807) is 0 Å². The molecular formula is C11H22N2O3S. The largest absolute Gasteiger partial charge is 0.353 e. The predicted octanol–water partition coefficient (Wildman–Crippen LogP) is 0.0548. The van der Waals surface area contributed by atoms with E-state index in [1.807, 2.05) is 0 Å². The van der Waals surface area contributed by atoms with Crippen LogP contribution in [-0.2, 0) is 14.6 Å². The van der Waals surface area contributed by atoms with Gasteiger partial charge in [0.1, 0.15) is 9.84 Å². The molecule has 0 aromatic carbocycles. The number of nitrogens with two attached hydrogens (primary N) is 1. The fraction of sp³-hybridized carbons (Fsp3) is 0.909. The first-order valence-electron chi connectivity index (χ1n) is 5.98. The van der Waals surface area contributed by atoms with Crippen LogP contribution in [0.15, 0.2) is 0 Å². The van der Waals surface area contributed by atoms with Crippen molar-refractivity contribution in [3.8, 4) is 0 Å². The normalized spacial score (nSPS) is 29.9. The molecule has 1 aliphatic rings. The second-order valence-electron chi connectivity index (χ2n) is 5.24. The minimum atomic E-state index is -3.04. The highest BCUT2D eigenvalue weighted by atomic mass is 32.2. The minimum Gasteiger partial charge on any atom is -0.353 e. The zero-order chi connectivity index (χ0) is 13.1. The lowest BCUT2D eigenvalue weighted by Crippen LogP contribution is -2.56. The Balaban J connectivity index is 2.46. The molecule has 0 aromatic rings. The average molecular weight is 262 g/mol. The number of amides is 1. The third-order valence-electron chi connectivity index (χ3n) is 3.24.